The SMILES string of the molecule is CC1CN(C(=O)C(C(N)=NO)c2ccccc2)CCCO1. The van der Waals surface area contributed by atoms with Gasteiger partial charge in [-0.1, -0.05) is 35.5 Å². The Bertz CT molecular complexity index is 504. The predicted molar refractivity (Wildman–Crippen MR) is 79.2 cm³/mol. The molecule has 1 saturated heterocycles. The molecule has 0 aromatic heterocycles. The van der Waals surface area contributed by atoms with E-state index in [0.29, 0.717) is 19.7 Å². The van der Waals surface area contributed by atoms with Gasteiger partial charge in [-0.3, -0.25) is 4.79 Å². The molecule has 2 atom stereocenters. The summed E-state index contributed by atoms with van der Waals surface area (Å²) in [4.78, 5) is 14.5. The molecule has 1 heterocycles. The van der Waals surface area contributed by atoms with Crippen LogP contribution in [0.4, 0.5) is 0 Å². The van der Waals surface area contributed by atoms with Crippen LogP contribution in [0.15, 0.2) is 35.5 Å². The van der Waals surface area contributed by atoms with Gasteiger partial charge in [-0.25, -0.2) is 0 Å². The molecule has 1 fully saturated rings. The van der Waals surface area contributed by atoms with Crippen LogP contribution in [0.3, 0.4) is 0 Å². The summed E-state index contributed by atoms with van der Waals surface area (Å²) in [6, 6.07) is 9.12. The van der Waals surface area contributed by atoms with Crippen LogP contribution in [-0.2, 0) is 9.53 Å². The highest BCUT2D eigenvalue weighted by Crippen LogP contribution is 2.20. The van der Waals surface area contributed by atoms with E-state index in [0.717, 1.165) is 12.0 Å². The quantitative estimate of drug-likeness (QED) is 0.378. The zero-order valence-electron chi connectivity index (χ0n) is 12.1. The van der Waals surface area contributed by atoms with Crippen molar-refractivity contribution in [2.75, 3.05) is 19.7 Å². The molecule has 2 rings (SSSR count). The Morgan fingerprint density at radius 2 is 2.19 bits per heavy atom. The van der Waals surface area contributed by atoms with Gasteiger partial charge >= 0.3 is 0 Å². The van der Waals surface area contributed by atoms with Crippen LogP contribution in [0.2, 0.25) is 0 Å². The molecule has 0 spiro atoms. The standard InChI is InChI=1S/C15H21N3O3/c1-11-10-18(8-5-9-21-11)15(19)13(14(16)17-20)12-6-3-2-4-7-12/h2-4,6-7,11,13,20H,5,8-10H2,1H3,(H2,16,17). The number of carbonyl (C=O) groups excluding carboxylic acids is 1. The Morgan fingerprint density at radius 3 is 2.86 bits per heavy atom. The lowest BCUT2D eigenvalue weighted by molar-refractivity contribution is -0.132. The molecule has 0 aliphatic carbocycles. The van der Waals surface area contributed by atoms with Crippen LogP contribution >= 0.6 is 0 Å². The summed E-state index contributed by atoms with van der Waals surface area (Å²) in [6.45, 7) is 3.71. The minimum atomic E-state index is -0.763. The van der Waals surface area contributed by atoms with Crippen molar-refractivity contribution in [3.8, 4) is 0 Å². The van der Waals surface area contributed by atoms with Gasteiger partial charge in [0.25, 0.3) is 0 Å². The first kappa shape index (κ1) is 15.3. The summed E-state index contributed by atoms with van der Waals surface area (Å²) in [5.74, 6) is -1.01. The largest absolute Gasteiger partial charge is 0.409 e. The summed E-state index contributed by atoms with van der Waals surface area (Å²) in [5, 5.41) is 12.0. The van der Waals surface area contributed by atoms with Crippen LogP contribution in [0.5, 0.6) is 0 Å². The maximum Gasteiger partial charge on any atom is 0.237 e. The highest BCUT2D eigenvalue weighted by Gasteiger charge is 2.31. The topological polar surface area (TPSA) is 88.2 Å². The molecule has 1 aromatic carbocycles. The number of nitrogens with two attached hydrogens (primary N) is 1. The Morgan fingerprint density at radius 1 is 1.48 bits per heavy atom. The number of benzene rings is 1. The van der Waals surface area contributed by atoms with E-state index in [1.807, 2.05) is 25.1 Å². The van der Waals surface area contributed by atoms with Crippen LogP contribution < -0.4 is 5.73 Å². The molecule has 0 radical (unpaired) electrons. The Labute approximate surface area is 124 Å². The number of rotatable bonds is 3. The average Bonchev–Trinajstić information content (AvgIpc) is 2.73. The second-order valence-corrected chi connectivity index (χ2v) is 5.19. The van der Waals surface area contributed by atoms with Gasteiger partial charge in [0.1, 0.15) is 5.92 Å². The third kappa shape index (κ3) is 3.72. The lowest BCUT2D eigenvalue weighted by Crippen LogP contribution is -2.43. The zero-order chi connectivity index (χ0) is 15.2. The van der Waals surface area contributed by atoms with Crippen molar-refractivity contribution >= 4 is 11.7 Å². The van der Waals surface area contributed by atoms with E-state index in [1.54, 1.807) is 17.0 Å². The van der Waals surface area contributed by atoms with Gasteiger partial charge in [0.05, 0.1) is 6.10 Å². The van der Waals surface area contributed by atoms with Gasteiger partial charge in [0.15, 0.2) is 5.84 Å². The van der Waals surface area contributed by atoms with Gasteiger partial charge in [0.2, 0.25) is 5.91 Å². The number of amides is 1. The van der Waals surface area contributed by atoms with E-state index in [2.05, 4.69) is 5.16 Å². The van der Waals surface area contributed by atoms with Crippen LogP contribution in [0, 0.1) is 0 Å². The molecule has 0 saturated carbocycles. The molecule has 6 nitrogen and oxygen atoms in total. The van der Waals surface area contributed by atoms with Crippen molar-refractivity contribution in [3.05, 3.63) is 35.9 Å². The summed E-state index contributed by atoms with van der Waals surface area (Å²) in [5.41, 5.74) is 6.47. The predicted octanol–water partition coefficient (Wildman–Crippen LogP) is 1.15. The van der Waals surface area contributed by atoms with E-state index >= 15 is 0 Å². The van der Waals surface area contributed by atoms with Crippen LogP contribution in [0.1, 0.15) is 24.8 Å². The Balaban J connectivity index is 2.26. The molecule has 3 N–H and O–H groups in total. The molecule has 1 aliphatic rings. The lowest BCUT2D eigenvalue weighted by Gasteiger charge is -2.26. The fourth-order valence-corrected chi connectivity index (χ4v) is 2.52. The third-order valence-corrected chi connectivity index (χ3v) is 3.56. The third-order valence-electron chi connectivity index (χ3n) is 3.56. The first-order valence-electron chi connectivity index (χ1n) is 7.06. The number of hydrogen-bond donors (Lipinski definition) is 2. The summed E-state index contributed by atoms with van der Waals surface area (Å²) in [7, 11) is 0. The van der Waals surface area contributed by atoms with Crippen molar-refractivity contribution in [1.29, 1.82) is 0 Å². The molecule has 114 valence electrons. The fourth-order valence-electron chi connectivity index (χ4n) is 2.52. The lowest BCUT2D eigenvalue weighted by atomic mass is 9.96. The van der Waals surface area contributed by atoms with E-state index < -0.39 is 5.92 Å². The van der Waals surface area contributed by atoms with Crippen LogP contribution in [-0.4, -0.2) is 47.7 Å². The van der Waals surface area contributed by atoms with Gasteiger partial charge in [-0.2, -0.15) is 0 Å². The molecule has 1 aromatic rings. The van der Waals surface area contributed by atoms with Crippen molar-refractivity contribution in [2.45, 2.75) is 25.4 Å². The van der Waals surface area contributed by atoms with Crippen molar-refractivity contribution in [3.63, 3.8) is 0 Å². The van der Waals surface area contributed by atoms with Gasteiger partial charge in [0, 0.05) is 19.7 Å². The highest BCUT2D eigenvalue weighted by molar-refractivity contribution is 6.07. The second-order valence-electron chi connectivity index (χ2n) is 5.19. The molecule has 0 bridgehead atoms. The normalized spacial score (nSPS) is 21.7. The van der Waals surface area contributed by atoms with Gasteiger partial charge in [-0.15, -0.1) is 0 Å². The van der Waals surface area contributed by atoms with Crippen molar-refractivity contribution in [1.82, 2.24) is 4.90 Å². The minimum Gasteiger partial charge on any atom is -0.409 e. The Hall–Kier alpha value is -2.08. The molecule has 21 heavy (non-hydrogen) atoms. The monoisotopic (exact) mass is 291 g/mol. The molecule has 6 heteroatoms. The second kappa shape index (κ2) is 7.08. The first-order valence-corrected chi connectivity index (χ1v) is 7.06. The van der Waals surface area contributed by atoms with Crippen molar-refractivity contribution in [2.24, 2.45) is 10.9 Å². The number of amidine groups is 1. The van der Waals surface area contributed by atoms with E-state index in [9.17, 15) is 4.79 Å². The molecular formula is C15H21N3O3. The number of hydrogen-bond acceptors (Lipinski definition) is 4. The number of oxime groups is 1. The minimum absolute atomic E-state index is 0.0137. The fraction of sp³-hybridized carbons (Fsp3) is 0.467. The van der Waals surface area contributed by atoms with Gasteiger partial charge in [-0.05, 0) is 18.9 Å². The maximum absolute atomic E-state index is 12.8. The molecule has 1 aliphatic heterocycles. The summed E-state index contributed by atoms with van der Waals surface area (Å²) in [6.07, 6.45) is 0.772. The number of carbonyl (C=O) groups is 1. The molecular weight excluding hydrogens is 270 g/mol. The smallest absolute Gasteiger partial charge is 0.237 e. The number of nitrogens with zero attached hydrogens (tertiary/aromatic N) is 2. The number of ether oxygens (including phenoxy) is 1. The molecule has 1 amide bonds. The van der Waals surface area contributed by atoms with Crippen LogP contribution in [0.25, 0.3) is 0 Å². The van der Waals surface area contributed by atoms with E-state index in [4.69, 9.17) is 15.7 Å². The summed E-state index contributed by atoms with van der Waals surface area (Å²) < 4.78 is 5.55. The van der Waals surface area contributed by atoms with Gasteiger partial charge < -0.3 is 20.6 Å². The Kier molecular flexibility index (Phi) is 5.16. The first-order chi connectivity index (χ1) is 10.1. The average molecular weight is 291 g/mol. The molecule has 2 unspecified atom stereocenters. The summed E-state index contributed by atoms with van der Waals surface area (Å²) >= 11 is 0. The zero-order valence-corrected chi connectivity index (χ0v) is 12.1. The van der Waals surface area contributed by atoms with E-state index in [-0.39, 0.29) is 17.8 Å². The highest BCUT2D eigenvalue weighted by atomic mass is 16.5. The maximum atomic E-state index is 12.8. The van der Waals surface area contributed by atoms with Crippen molar-refractivity contribution < 1.29 is 14.7 Å². The van der Waals surface area contributed by atoms with E-state index in [1.165, 1.54) is 0 Å².